The van der Waals surface area contributed by atoms with Gasteiger partial charge in [0.2, 0.25) is 0 Å². The van der Waals surface area contributed by atoms with Gasteiger partial charge in [0, 0.05) is 6.20 Å². The predicted molar refractivity (Wildman–Crippen MR) is 72.0 cm³/mol. The van der Waals surface area contributed by atoms with Crippen LogP contribution in [0.4, 0.5) is 0 Å². The molecule has 0 aliphatic rings. The Morgan fingerprint density at radius 3 is 2.72 bits per heavy atom. The third kappa shape index (κ3) is 3.70. The molecule has 1 unspecified atom stereocenters. The first-order valence-corrected chi connectivity index (χ1v) is 6.42. The fourth-order valence-corrected chi connectivity index (χ4v) is 2.00. The summed E-state index contributed by atoms with van der Waals surface area (Å²) in [5.41, 5.74) is 1.10. The third-order valence-corrected chi connectivity index (χ3v) is 2.85. The van der Waals surface area contributed by atoms with Crippen molar-refractivity contribution in [2.24, 2.45) is 5.92 Å². The quantitative estimate of drug-likeness (QED) is 0.844. The lowest BCUT2D eigenvalue weighted by atomic mass is 10.0. The lowest BCUT2D eigenvalue weighted by Gasteiger charge is -2.19. The van der Waals surface area contributed by atoms with Gasteiger partial charge in [0.1, 0.15) is 5.76 Å². The fourth-order valence-electron chi connectivity index (χ4n) is 2.00. The molecular weight excluding hydrogens is 224 g/mol. The Bertz CT molecular complexity index is 437. The molecule has 1 N–H and O–H groups in total. The van der Waals surface area contributed by atoms with Crippen molar-refractivity contribution in [1.29, 1.82) is 0 Å². The summed E-state index contributed by atoms with van der Waals surface area (Å²) in [6.07, 6.45) is 4.62. The molecule has 0 fully saturated rings. The van der Waals surface area contributed by atoms with Crippen LogP contribution >= 0.6 is 0 Å². The minimum absolute atomic E-state index is 0.274. The topological polar surface area (TPSA) is 38.1 Å². The van der Waals surface area contributed by atoms with E-state index in [9.17, 15) is 0 Å². The molecular formula is C15H20N2O. The number of aromatic nitrogens is 1. The van der Waals surface area contributed by atoms with Gasteiger partial charge in [-0.05, 0) is 36.6 Å². The molecule has 18 heavy (non-hydrogen) atoms. The van der Waals surface area contributed by atoms with Crippen LogP contribution in [0.1, 0.15) is 37.8 Å². The first-order chi connectivity index (χ1) is 8.75. The molecule has 0 saturated carbocycles. The van der Waals surface area contributed by atoms with Crippen molar-refractivity contribution in [3.63, 3.8) is 0 Å². The van der Waals surface area contributed by atoms with Crippen LogP contribution in [0.5, 0.6) is 0 Å². The average Bonchev–Trinajstić information content (AvgIpc) is 2.88. The molecule has 3 nitrogen and oxygen atoms in total. The fraction of sp³-hybridized carbons (Fsp3) is 0.400. The SMILES string of the molecule is CC(C)CC(NCc1ccco1)c1ccccn1. The average molecular weight is 244 g/mol. The van der Waals surface area contributed by atoms with Crippen molar-refractivity contribution in [1.82, 2.24) is 10.3 Å². The van der Waals surface area contributed by atoms with Crippen LogP contribution in [-0.2, 0) is 6.54 Å². The van der Waals surface area contributed by atoms with E-state index in [2.05, 4.69) is 30.2 Å². The highest BCUT2D eigenvalue weighted by atomic mass is 16.3. The van der Waals surface area contributed by atoms with Crippen LogP contribution in [0.3, 0.4) is 0 Å². The predicted octanol–water partition coefficient (Wildman–Crippen LogP) is 3.55. The van der Waals surface area contributed by atoms with Gasteiger partial charge in [-0.15, -0.1) is 0 Å². The van der Waals surface area contributed by atoms with Crippen molar-refractivity contribution < 1.29 is 4.42 Å². The van der Waals surface area contributed by atoms with E-state index in [0.29, 0.717) is 5.92 Å². The Hall–Kier alpha value is -1.61. The molecule has 96 valence electrons. The van der Waals surface area contributed by atoms with E-state index in [1.807, 2.05) is 30.5 Å². The molecule has 0 bridgehead atoms. The van der Waals surface area contributed by atoms with E-state index >= 15 is 0 Å². The van der Waals surface area contributed by atoms with Gasteiger partial charge in [-0.2, -0.15) is 0 Å². The van der Waals surface area contributed by atoms with Gasteiger partial charge in [0.05, 0.1) is 24.5 Å². The highest BCUT2D eigenvalue weighted by molar-refractivity contribution is 5.09. The van der Waals surface area contributed by atoms with Crippen LogP contribution in [0, 0.1) is 5.92 Å². The van der Waals surface area contributed by atoms with Crippen LogP contribution in [0.2, 0.25) is 0 Å². The Morgan fingerprint density at radius 1 is 1.22 bits per heavy atom. The molecule has 0 aromatic carbocycles. The van der Waals surface area contributed by atoms with Gasteiger partial charge >= 0.3 is 0 Å². The van der Waals surface area contributed by atoms with E-state index in [-0.39, 0.29) is 6.04 Å². The second kappa shape index (κ2) is 6.36. The molecule has 2 aromatic heterocycles. The summed E-state index contributed by atoms with van der Waals surface area (Å²) in [5, 5.41) is 3.51. The van der Waals surface area contributed by atoms with Crippen molar-refractivity contribution >= 4 is 0 Å². The maximum absolute atomic E-state index is 5.34. The summed E-state index contributed by atoms with van der Waals surface area (Å²) >= 11 is 0. The first kappa shape index (κ1) is 12.8. The van der Waals surface area contributed by atoms with Gasteiger partial charge in [0.15, 0.2) is 0 Å². The van der Waals surface area contributed by atoms with Crippen molar-refractivity contribution in [3.05, 3.63) is 54.2 Å². The zero-order valence-corrected chi connectivity index (χ0v) is 11.0. The van der Waals surface area contributed by atoms with Crippen LogP contribution < -0.4 is 5.32 Å². The second-order valence-electron chi connectivity index (χ2n) is 4.90. The zero-order chi connectivity index (χ0) is 12.8. The molecule has 0 saturated heterocycles. The van der Waals surface area contributed by atoms with E-state index in [4.69, 9.17) is 4.42 Å². The summed E-state index contributed by atoms with van der Waals surface area (Å²) in [7, 11) is 0. The third-order valence-electron chi connectivity index (χ3n) is 2.85. The van der Waals surface area contributed by atoms with E-state index < -0.39 is 0 Å². The molecule has 2 heterocycles. The lowest BCUT2D eigenvalue weighted by molar-refractivity contribution is 0.394. The number of rotatable bonds is 6. The lowest BCUT2D eigenvalue weighted by Crippen LogP contribution is -2.23. The zero-order valence-electron chi connectivity index (χ0n) is 11.0. The summed E-state index contributed by atoms with van der Waals surface area (Å²) in [6, 6.07) is 10.2. The maximum Gasteiger partial charge on any atom is 0.117 e. The van der Waals surface area contributed by atoms with Crippen molar-refractivity contribution in [2.75, 3.05) is 0 Å². The van der Waals surface area contributed by atoms with Gasteiger partial charge in [-0.25, -0.2) is 0 Å². The molecule has 0 aliphatic heterocycles. The molecule has 2 rings (SSSR count). The van der Waals surface area contributed by atoms with Crippen LogP contribution in [0.15, 0.2) is 47.2 Å². The molecule has 3 heteroatoms. The summed E-state index contributed by atoms with van der Waals surface area (Å²) in [5.74, 6) is 1.58. The molecule has 0 radical (unpaired) electrons. The Kier molecular flexibility index (Phi) is 4.53. The Morgan fingerprint density at radius 2 is 2.11 bits per heavy atom. The standard InChI is InChI=1S/C15H20N2O/c1-12(2)10-15(14-7-3-4-8-16-14)17-11-13-6-5-9-18-13/h3-9,12,15,17H,10-11H2,1-2H3. The van der Waals surface area contributed by atoms with Crippen LogP contribution in [-0.4, -0.2) is 4.98 Å². The van der Waals surface area contributed by atoms with E-state index in [0.717, 1.165) is 24.4 Å². The number of hydrogen-bond donors (Lipinski definition) is 1. The number of nitrogens with zero attached hydrogens (tertiary/aromatic N) is 1. The summed E-state index contributed by atoms with van der Waals surface area (Å²) in [6.45, 7) is 5.19. The molecule has 1 atom stereocenters. The maximum atomic E-state index is 5.34. The smallest absolute Gasteiger partial charge is 0.117 e. The second-order valence-corrected chi connectivity index (χ2v) is 4.90. The monoisotopic (exact) mass is 244 g/mol. The van der Waals surface area contributed by atoms with Crippen molar-refractivity contribution in [2.45, 2.75) is 32.9 Å². The highest BCUT2D eigenvalue weighted by Crippen LogP contribution is 2.19. The van der Waals surface area contributed by atoms with Gasteiger partial charge in [-0.1, -0.05) is 19.9 Å². The normalized spacial score (nSPS) is 12.8. The van der Waals surface area contributed by atoms with E-state index in [1.54, 1.807) is 6.26 Å². The Labute approximate surface area is 108 Å². The molecule has 0 amide bonds. The number of nitrogens with one attached hydrogen (secondary N) is 1. The molecule has 0 spiro atoms. The van der Waals surface area contributed by atoms with Crippen molar-refractivity contribution in [3.8, 4) is 0 Å². The number of hydrogen-bond acceptors (Lipinski definition) is 3. The van der Waals surface area contributed by atoms with Crippen LogP contribution in [0.25, 0.3) is 0 Å². The molecule has 0 aliphatic carbocycles. The van der Waals surface area contributed by atoms with Gasteiger partial charge < -0.3 is 9.73 Å². The highest BCUT2D eigenvalue weighted by Gasteiger charge is 2.14. The van der Waals surface area contributed by atoms with Gasteiger partial charge in [-0.3, -0.25) is 4.98 Å². The molecule has 2 aromatic rings. The minimum Gasteiger partial charge on any atom is -0.468 e. The largest absolute Gasteiger partial charge is 0.468 e. The minimum atomic E-state index is 0.274. The number of furan rings is 1. The van der Waals surface area contributed by atoms with E-state index in [1.165, 1.54) is 0 Å². The Balaban J connectivity index is 2.01. The number of pyridine rings is 1. The summed E-state index contributed by atoms with van der Waals surface area (Å²) < 4.78 is 5.34. The van der Waals surface area contributed by atoms with Gasteiger partial charge in [0.25, 0.3) is 0 Å². The summed E-state index contributed by atoms with van der Waals surface area (Å²) in [4.78, 5) is 4.44. The first-order valence-electron chi connectivity index (χ1n) is 6.42.